The van der Waals surface area contributed by atoms with Gasteiger partial charge >= 0.3 is 5.97 Å². The molecule has 0 aliphatic carbocycles. The summed E-state index contributed by atoms with van der Waals surface area (Å²) >= 11 is 5.65. The summed E-state index contributed by atoms with van der Waals surface area (Å²) in [7, 11) is 1.46. The molecule has 0 spiro atoms. The van der Waals surface area contributed by atoms with Crippen molar-refractivity contribution in [2.45, 2.75) is 0 Å². The van der Waals surface area contributed by atoms with Gasteiger partial charge in [-0.05, 0) is 18.2 Å². The summed E-state index contributed by atoms with van der Waals surface area (Å²) in [5.41, 5.74) is 0.230. The third-order valence-corrected chi connectivity index (χ3v) is 1.85. The van der Waals surface area contributed by atoms with E-state index in [1.54, 1.807) is 0 Å². The van der Waals surface area contributed by atoms with Crippen LogP contribution >= 0.6 is 11.6 Å². The molecule has 0 aliphatic rings. The number of carboxylic acid groups (broad SMARTS) is 1. The highest BCUT2D eigenvalue weighted by molar-refractivity contribution is 6.31. The smallest absolute Gasteiger partial charge is 0.335 e. The van der Waals surface area contributed by atoms with Gasteiger partial charge in [-0.15, -0.1) is 0 Å². The Bertz CT molecular complexity index is 390. The average Bonchev–Trinajstić information content (AvgIpc) is 2.15. The second kappa shape index (κ2) is 4.11. The summed E-state index contributed by atoms with van der Waals surface area (Å²) in [6.45, 7) is 0. The topological polar surface area (TPSA) is 66.4 Å². The summed E-state index contributed by atoms with van der Waals surface area (Å²) in [5.74, 6) is -1.48. The summed E-state index contributed by atoms with van der Waals surface area (Å²) in [6, 6.07) is 3.97. The van der Waals surface area contributed by atoms with E-state index in [2.05, 4.69) is 5.32 Å². The molecular formula is C9H8ClNO3. The van der Waals surface area contributed by atoms with E-state index in [9.17, 15) is 9.59 Å². The van der Waals surface area contributed by atoms with Crippen LogP contribution in [0.4, 0.5) is 0 Å². The van der Waals surface area contributed by atoms with Gasteiger partial charge in [-0.25, -0.2) is 4.79 Å². The van der Waals surface area contributed by atoms with Crippen molar-refractivity contribution in [1.82, 2.24) is 5.32 Å². The summed E-state index contributed by atoms with van der Waals surface area (Å²) in [5, 5.41) is 11.3. The second-order valence-electron chi connectivity index (χ2n) is 2.61. The van der Waals surface area contributed by atoms with Crippen molar-refractivity contribution in [2.24, 2.45) is 0 Å². The van der Waals surface area contributed by atoms with Crippen molar-refractivity contribution in [1.29, 1.82) is 0 Å². The Hall–Kier alpha value is -1.55. The van der Waals surface area contributed by atoms with E-state index in [4.69, 9.17) is 16.7 Å². The number of benzene rings is 1. The minimum Gasteiger partial charge on any atom is -0.478 e. The molecule has 4 nitrogen and oxygen atoms in total. The fourth-order valence-electron chi connectivity index (χ4n) is 0.989. The molecule has 0 heterocycles. The van der Waals surface area contributed by atoms with Crippen molar-refractivity contribution in [3.63, 3.8) is 0 Å². The number of rotatable bonds is 2. The third-order valence-electron chi connectivity index (χ3n) is 1.63. The molecule has 14 heavy (non-hydrogen) atoms. The molecule has 0 aromatic heterocycles. The first-order valence-corrected chi connectivity index (χ1v) is 4.18. The number of amides is 1. The molecule has 1 amide bonds. The van der Waals surface area contributed by atoms with Crippen LogP contribution in [0, 0.1) is 0 Å². The molecule has 0 fully saturated rings. The Labute approximate surface area is 85.5 Å². The first-order chi connectivity index (χ1) is 6.54. The van der Waals surface area contributed by atoms with Crippen LogP contribution in [0.3, 0.4) is 0 Å². The van der Waals surface area contributed by atoms with E-state index in [0.29, 0.717) is 0 Å². The zero-order valence-corrected chi connectivity index (χ0v) is 8.13. The Morgan fingerprint density at radius 2 is 1.86 bits per heavy atom. The number of hydrogen-bond acceptors (Lipinski definition) is 2. The largest absolute Gasteiger partial charge is 0.478 e. The van der Waals surface area contributed by atoms with Crippen LogP contribution in [0.5, 0.6) is 0 Å². The molecule has 0 saturated heterocycles. The number of carboxylic acids is 1. The first-order valence-electron chi connectivity index (χ1n) is 3.80. The average molecular weight is 214 g/mol. The third kappa shape index (κ3) is 2.23. The van der Waals surface area contributed by atoms with Gasteiger partial charge in [-0.2, -0.15) is 0 Å². The number of carbonyl (C=O) groups is 2. The lowest BCUT2D eigenvalue weighted by atomic mass is 10.1. The molecule has 5 heteroatoms. The van der Waals surface area contributed by atoms with Crippen LogP contribution in [-0.4, -0.2) is 24.0 Å². The van der Waals surface area contributed by atoms with Crippen LogP contribution in [0.1, 0.15) is 20.7 Å². The summed E-state index contributed by atoms with van der Waals surface area (Å²) in [6.07, 6.45) is 0. The lowest BCUT2D eigenvalue weighted by molar-refractivity contribution is 0.0697. The number of halogens is 1. The van der Waals surface area contributed by atoms with Gasteiger partial charge in [0.25, 0.3) is 5.91 Å². The maximum atomic E-state index is 11.2. The molecule has 2 N–H and O–H groups in total. The van der Waals surface area contributed by atoms with Gasteiger partial charge in [0.2, 0.25) is 0 Å². The lowest BCUT2D eigenvalue weighted by Crippen LogP contribution is -2.18. The molecule has 74 valence electrons. The quantitative estimate of drug-likeness (QED) is 0.781. The van der Waals surface area contributed by atoms with Crippen molar-refractivity contribution in [2.75, 3.05) is 7.05 Å². The van der Waals surface area contributed by atoms with Crippen molar-refractivity contribution in [3.8, 4) is 0 Å². The van der Waals surface area contributed by atoms with Crippen LogP contribution in [-0.2, 0) is 0 Å². The molecular weight excluding hydrogens is 206 g/mol. The predicted molar refractivity (Wildman–Crippen MR) is 51.8 cm³/mol. The minimum atomic E-state index is -1.11. The van der Waals surface area contributed by atoms with Gasteiger partial charge in [0, 0.05) is 17.6 Å². The van der Waals surface area contributed by atoms with E-state index in [1.165, 1.54) is 25.2 Å². The molecule has 1 aromatic rings. The van der Waals surface area contributed by atoms with Gasteiger partial charge in [0.05, 0.1) is 5.56 Å². The fraction of sp³-hybridized carbons (Fsp3) is 0.111. The Morgan fingerprint density at radius 3 is 2.36 bits per heavy atom. The SMILES string of the molecule is CNC(=O)c1cc(Cl)cc(C(=O)O)c1. The molecule has 0 bridgehead atoms. The van der Waals surface area contributed by atoms with Crippen molar-refractivity contribution < 1.29 is 14.7 Å². The van der Waals surface area contributed by atoms with Crippen LogP contribution < -0.4 is 5.32 Å². The minimum absolute atomic E-state index is 0.00361. The van der Waals surface area contributed by atoms with Crippen LogP contribution in [0.25, 0.3) is 0 Å². The molecule has 1 rings (SSSR count). The number of aromatic carboxylic acids is 1. The Morgan fingerprint density at radius 1 is 1.29 bits per heavy atom. The highest BCUT2D eigenvalue weighted by atomic mass is 35.5. The van der Waals surface area contributed by atoms with Crippen LogP contribution in [0.15, 0.2) is 18.2 Å². The van der Waals surface area contributed by atoms with E-state index < -0.39 is 5.97 Å². The zero-order valence-electron chi connectivity index (χ0n) is 7.37. The molecule has 0 aliphatic heterocycles. The van der Waals surface area contributed by atoms with E-state index in [0.717, 1.165) is 0 Å². The molecule has 1 aromatic carbocycles. The highest BCUT2D eigenvalue weighted by Crippen LogP contribution is 2.15. The van der Waals surface area contributed by atoms with Gasteiger partial charge in [0.1, 0.15) is 0 Å². The van der Waals surface area contributed by atoms with Gasteiger partial charge in [-0.1, -0.05) is 11.6 Å². The van der Waals surface area contributed by atoms with Crippen molar-refractivity contribution >= 4 is 23.5 Å². The molecule has 0 radical (unpaired) electrons. The van der Waals surface area contributed by atoms with Gasteiger partial charge < -0.3 is 10.4 Å². The number of nitrogens with one attached hydrogen (secondary N) is 1. The second-order valence-corrected chi connectivity index (χ2v) is 3.05. The number of carbonyl (C=O) groups excluding carboxylic acids is 1. The maximum absolute atomic E-state index is 11.2. The van der Waals surface area contributed by atoms with E-state index >= 15 is 0 Å². The van der Waals surface area contributed by atoms with Crippen LogP contribution in [0.2, 0.25) is 5.02 Å². The lowest BCUT2D eigenvalue weighted by Gasteiger charge is -2.02. The van der Waals surface area contributed by atoms with Crippen molar-refractivity contribution in [3.05, 3.63) is 34.3 Å². The standard InChI is InChI=1S/C9H8ClNO3/c1-11-8(12)5-2-6(9(13)14)4-7(10)3-5/h2-4H,1H3,(H,11,12)(H,13,14). The molecule has 0 saturated carbocycles. The Balaban J connectivity index is 3.20. The van der Waals surface area contributed by atoms with E-state index in [-0.39, 0.29) is 22.1 Å². The Kier molecular flexibility index (Phi) is 3.09. The monoisotopic (exact) mass is 213 g/mol. The maximum Gasteiger partial charge on any atom is 0.335 e. The first kappa shape index (κ1) is 10.5. The summed E-state index contributed by atoms with van der Waals surface area (Å²) < 4.78 is 0. The van der Waals surface area contributed by atoms with Gasteiger partial charge in [-0.3, -0.25) is 4.79 Å². The molecule has 0 unspecified atom stereocenters. The predicted octanol–water partition coefficient (Wildman–Crippen LogP) is 1.40. The van der Waals surface area contributed by atoms with Gasteiger partial charge in [0.15, 0.2) is 0 Å². The normalized spacial score (nSPS) is 9.57. The molecule has 0 atom stereocenters. The summed E-state index contributed by atoms with van der Waals surface area (Å²) in [4.78, 5) is 21.8. The van der Waals surface area contributed by atoms with E-state index in [1.807, 2.05) is 0 Å². The zero-order chi connectivity index (χ0) is 10.7. The number of hydrogen-bond donors (Lipinski definition) is 2. The fourth-order valence-corrected chi connectivity index (χ4v) is 1.22. The highest BCUT2D eigenvalue weighted by Gasteiger charge is 2.10.